The third-order valence-corrected chi connectivity index (χ3v) is 1.17. The molecule has 0 atom stereocenters. The number of aromatic nitrogens is 2. The lowest BCUT2D eigenvalue weighted by Gasteiger charge is -1.94. The van der Waals surface area contributed by atoms with E-state index < -0.39 is 0 Å². The summed E-state index contributed by atoms with van der Waals surface area (Å²) < 4.78 is 1.13. The fourth-order valence-corrected chi connectivity index (χ4v) is 0.663. The van der Waals surface area contributed by atoms with E-state index in [4.69, 9.17) is 11.6 Å². The summed E-state index contributed by atoms with van der Waals surface area (Å²) in [6, 6.07) is -0.299. The number of amides is 1. The third kappa shape index (κ3) is 1.27. The van der Waals surface area contributed by atoms with Gasteiger partial charge in [0.2, 0.25) is 0 Å². The van der Waals surface area contributed by atoms with Crippen LogP contribution < -0.4 is 5.32 Å². The molecule has 1 amide bonds. The van der Waals surface area contributed by atoms with Crippen LogP contribution in [0.1, 0.15) is 0 Å². The van der Waals surface area contributed by atoms with Gasteiger partial charge in [-0.1, -0.05) is 11.6 Å². The maximum Gasteiger partial charge on any atom is 0.341 e. The summed E-state index contributed by atoms with van der Waals surface area (Å²) in [5, 5.41) is 6.50. The Hall–Kier alpha value is -1.03. The van der Waals surface area contributed by atoms with Gasteiger partial charge in [-0.05, 0) is 0 Å². The lowest BCUT2D eigenvalue weighted by Crippen LogP contribution is -2.24. The van der Waals surface area contributed by atoms with Crippen LogP contribution in [0.2, 0.25) is 5.02 Å². The maximum absolute atomic E-state index is 10.8. The Bertz CT molecular complexity index is 245. The molecule has 54 valence electrons. The molecule has 0 saturated carbocycles. The van der Waals surface area contributed by atoms with Crippen LogP contribution in [0.3, 0.4) is 0 Å². The van der Waals surface area contributed by atoms with Crippen LogP contribution in [0.15, 0.2) is 12.4 Å². The summed E-state index contributed by atoms with van der Waals surface area (Å²) >= 11 is 5.50. The standard InChI is InChI=1S/C5H6ClN3O/c1-7-5(10)9-3-4(6)2-8-9/h2-3H,1H3,(H,7,10). The van der Waals surface area contributed by atoms with Crippen LogP contribution in [-0.2, 0) is 0 Å². The number of nitrogens with zero attached hydrogens (tertiary/aromatic N) is 2. The van der Waals surface area contributed by atoms with Gasteiger partial charge >= 0.3 is 6.03 Å². The number of carbonyl (C=O) groups is 1. The van der Waals surface area contributed by atoms with Crippen molar-refractivity contribution in [2.45, 2.75) is 0 Å². The molecule has 10 heavy (non-hydrogen) atoms. The molecule has 0 aliphatic heterocycles. The molecule has 0 saturated heterocycles. The topological polar surface area (TPSA) is 46.9 Å². The predicted molar refractivity (Wildman–Crippen MR) is 37.1 cm³/mol. The summed E-state index contributed by atoms with van der Waals surface area (Å²) in [5.41, 5.74) is 0. The molecular weight excluding hydrogens is 154 g/mol. The fourth-order valence-electron chi connectivity index (χ4n) is 0.526. The van der Waals surface area contributed by atoms with Crippen LogP contribution in [0.5, 0.6) is 0 Å². The number of halogens is 1. The van der Waals surface area contributed by atoms with Crippen molar-refractivity contribution in [2.75, 3.05) is 7.05 Å². The summed E-state index contributed by atoms with van der Waals surface area (Å²) in [4.78, 5) is 10.8. The predicted octanol–water partition coefficient (Wildman–Crippen LogP) is 0.724. The molecule has 0 fully saturated rings. The molecule has 0 aromatic carbocycles. The molecular formula is C5H6ClN3O. The Morgan fingerprint density at radius 3 is 3.00 bits per heavy atom. The number of hydrogen-bond acceptors (Lipinski definition) is 2. The number of rotatable bonds is 0. The third-order valence-electron chi connectivity index (χ3n) is 0.973. The van der Waals surface area contributed by atoms with Gasteiger partial charge in [0.05, 0.1) is 17.4 Å². The molecule has 0 radical (unpaired) electrons. The number of carbonyl (C=O) groups excluding carboxylic acids is 1. The van der Waals surface area contributed by atoms with Gasteiger partial charge in [0.15, 0.2) is 0 Å². The van der Waals surface area contributed by atoms with E-state index >= 15 is 0 Å². The van der Waals surface area contributed by atoms with Gasteiger partial charge in [0.25, 0.3) is 0 Å². The Balaban J connectivity index is 2.85. The van der Waals surface area contributed by atoms with Crippen LogP contribution >= 0.6 is 11.6 Å². The van der Waals surface area contributed by atoms with Crippen molar-refractivity contribution < 1.29 is 4.79 Å². The first-order valence-corrected chi connectivity index (χ1v) is 3.04. The zero-order valence-electron chi connectivity index (χ0n) is 5.34. The van der Waals surface area contributed by atoms with E-state index in [0.29, 0.717) is 5.02 Å². The first-order valence-electron chi connectivity index (χ1n) is 2.66. The molecule has 0 spiro atoms. The molecule has 0 aliphatic carbocycles. The van der Waals surface area contributed by atoms with Gasteiger partial charge in [-0.25, -0.2) is 4.79 Å². The molecule has 0 bridgehead atoms. The second kappa shape index (κ2) is 2.70. The molecule has 1 aromatic rings. The minimum absolute atomic E-state index is 0.299. The minimum Gasteiger partial charge on any atom is -0.339 e. The summed E-state index contributed by atoms with van der Waals surface area (Å²) in [5.74, 6) is 0. The van der Waals surface area contributed by atoms with E-state index in [9.17, 15) is 4.79 Å². The van der Waals surface area contributed by atoms with Gasteiger partial charge in [-0.3, -0.25) is 0 Å². The molecule has 1 aromatic heterocycles. The monoisotopic (exact) mass is 159 g/mol. The largest absolute Gasteiger partial charge is 0.341 e. The average molecular weight is 160 g/mol. The number of hydrogen-bond donors (Lipinski definition) is 1. The quantitative estimate of drug-likeness (QED) is 0.607. The van der Waals surface area contributed by atoms with E-state index in [1.165, 1.54) is 19.4 Å². The number of nitrogens with one attached hydrogen (secondary N) is 1. The molecule has 1 rings (SSSR count). The van der Waals surface area contributed by atoms with E-state index in [2.05, 4.69) is 10.4 Å². The highest BCUT2D eigenvalue weighted by atomic mass is 35.5. The minimum atomic E-state index is -0.299. The van der Waals surface area contributed by atoms with Crippen molar-refractivity contribution in [3.05, 3.63) is 17.4 Å². The SMILES string of the molecule is CNC(=O)n1cc(Cl)cn1. The van der Waals surface area contributed by atoms with Crippen LogP contribution in [0.25, 0.3) is 0 Å². The summed E-state index contributed by atoms with van der Waals surface area (Å²) in [6.45, 7) is 0. The van der Waals surface area contributed by atoms with Crippen molar-refractivity contribution in [1.29, 1.82) is 0 Å². The van der Waals surface area contributed by atoms with E-state index in [-0.39, 0.29) is 6.03 Å². The fraction of sp³-hybridized carbons (Fsp3) is 0.200. The van der Waals surface area contributed by atoms with Crippen molar-refractivity contribution in [2.24, 2.45) is 0 Å². The van der Waals surface area contributed by atoms with Crippen molar-refractivity contribution in [3.8, 4) is 0 Å². The van der Waals surface area contributed by atoms with E-state index in [1.807, 2.05) is 0 Å². The van der Waals surface area contributed by atoms with Crippen LogP contribution in [0, 0.1) is 0 Å². The molecule has 1 N–H and O–H groups in total. The summed E-state index contributed by atoms with van der Waals surface area (Å²) in [6.07, 6.45) is 2.83. The van der Waals surface area contributed by atoms with Gasteiger partial charge < -0.3 is 5.32 Å². The molecule has 5 heteroatoms. The molecule has 0 unspecified atom stereocenters. The van der Waals surface area contributed by atoms with Gasteiger partial charge in [0, 0.05) is 7.05 Å². The van der Waals surface area contributed by atoms with Gasteiger partial charge in [0.1, 0.15) is 0 Å². The highest BCUT2D eigenvalue weighted by Crippen LogP contribution is 2.03. The Labute approximate surface area is 62.8 Å². The summed E-state index contributed by atoms with van der Waals surface area (Å²) in [7, 11) is 1.53. The van der Waals surface area contributed by atoms with Crippen molar-refractivity contribution in [3.63, 3.8) is 0 Å². The zero-order valence-corrected chi connectivity index (χ0v) is 6.09. The van der Waals surface area contributed by atoms with Crippen molar-refractivity contribution in [1.82, 2.24) is 15.1 Å². The Morgan fingerprint density at radius 2 is 2.60 bits per heavy atom. The average Bonchev–Trinajstić information content (AvgIpc) is 2.34. The molecule has 1 heterocycles. The Morgan fingerprint density at radius 1 is 1.90 bits per heavy atom. The second-order valence-corrected chi connectivity index (χ2v) is 2.09. The normalized spacial score (nSPS) is 9.40. The van der Waals surface area contributed by atoms with Gasteiger partial charge in [-0.2, -0.15) is 9.78 Å². The smallest absolute Gasteiger partial charge is 0.339 e. The maximum atomic E-state index is 10.8. The second-order valence-electron chi connectivity index (χ2n) is 1.66. The van der Waals surface area contributed by atoms with E-state index in [1.54, 1.807) is 0 Å². The van der Waals surface area contributed by atoms with Crippen molar-refractivity contribution >= 4 is 17.6 Å². The lowest BCUT2D eigenvalue weighted by molar-refractivity contribution is 0.241. The first kappa shape index (κ1) is 7.08. The highest BCUT2D eigenvalue weighted by Gasteiger charge is 2.01. The zero-order chi connectivity index (χ0) is 7.56. The Kier molecular flexibility index (Phi) is 1.91. The van der Waals surface area contributed by atoms with Crippen LogP contribution in [0.4, 0.5) is 4.79 Å². The lowest BCUT2D eigenvalue weighted by atomic mass is 10.7. The highest BCUT2D eigenvalue weighted by molar-refractivity contribution is 6.30. The van der Waals surface area contributed by atoms with Crippen LogP contribution in [-0.4, -0.2) is 22.9 Å². The van der Waals surface area contributed by atoms with E-state index in [0.717, 1.165) is 4.68 Å². The molecule has 0 aliphatic rings. The first-order chi connectivity index (χ1) is 4.74. The van der Waals surface area contributed by atoms with Gasteiger partial charge in [-0.15, -0.1) is 0 Å². The molecule has 4 nitrogen and oxygen atoms in total.